The minimum Gasteiger partial charge on any atom is -0.462 e. The van der Waals surface area contributed by atoms with Gasteiger partial charge in [0, 0.05) is 18.8 Å². The van der Waals surface area contributed by atoms with E-state index in [0.717, 1.165) is 15.7 Å². The number of H-pyrrole nitrogens is 1. The Kier molecular flexibility index (Phi) is 6.13. The Bertz CT molecular complexity index is 1510. The lowest BCUT2D eigenvalue weighted by atomic mass is 10.0. The van der Waals surface area contributed by atoms with E-state index in [0.29, 0.717) is 17.7 Å². The van der Waals surface area contributed by atoms with Gasteiger partial charge >= 0.3 is 11.7 Å². The molecule has 2 aromatic carbocycles. The number of aromatic nitrogens is 3. The van der Waals surface area contributed by atoms with Crippen LogP contribution in [0.2, 0.25) is 0 Å². The molecule has 0 aliphatic carbocycles. The summed E-state index contributed by atoms with van der Waals surface area (Å²) in [4.78, 5) is 45.9. The number of esters is 1. The zero-order chi connectivity index (χ0) is 24.2. The molecule has 1 aliphatic rings. The number of pyridine rings is 1. The molecule has 9 heteroatoms. The van der Waals surface area contributed by atoms with Crippen molar-refractivity contribution in [3.8, 4) is 0 Å². The van der Waals surface area contributed by atoms with E-state index in [4.69, 9.17) is 14.2 Å². The van der Waals surface area contributed by atoms with Crippen LogP contribution >= 0.6 is 0 Å². The second-order valence-electron chi connectivity index (χ2n) is 7.95. The van der Waals surface area contributed by atoms with Crippen LogP contribution in [0.3, 0.4) is 0 Å². The Morgan fingerprint density at radius 3 is 2.60 bits per heavy atom. The molecule has 3 heterocycles. The molecule has 0 radical (unpaired) electrons. The van der Waals surface area contributed by atoms with Crippen LogP contribution in [0.15, 0.2) is 94.7 Å². The molecule has 1 atom stereocenters. The number of fused-ring (bicyclic) bond motifs is 1. The van der Waals surface area contributed by atoms with E-state index >= 15 is 0 Å². The van der Waals surface area contributed by atoms with Gasteiger partial charge in [-0.2, -0.15) is 0 Å². The molecular formula is C26H21N3O6. The molecule has 9 nitrogen and oxygen atoms in total. The highest BCUT2D eigenvalue weighted by Crippen LogP contribution is 2.25. The Morgan fingerprint density at radius 1 is 1.06 bits per heavy atom. The quantitative estimate of drug-likeness (QED) is 0.412. The summed E-state index contributed by atoms with van der Waals surface area (Å²) >= 11 is 0. The number of allylic oxidation sites excluding steroid dienone is 1. The summed E-state index contributed by atoms with van der Waals surface area (Å²) < 4.78 is 17.2. The van der Waals surface area contributed by atoms with Crippen molar-refractivity contribution in [3.05, 3.63) is 123 Å². The van der Waals surface area contributed by atoms with Crippen LogP contribution in [0, 0.1) is 0 Å². The van der Waals surface area contributed by atoms with E-state index in [1.165, 1.54) is 24.5 Å². The minimum atomic E-state index is -0.733. The molecule has 0 fully saturated rings. The molecular weight excluding hydrogens is 450 g/mol. The number of nitrogens with zero attached hydrogens (tertiary/aromatic N) is 2. The SMILES string of the molecule is O=C(OCc1ccncc1)c1ccc2[nH]c(=O)n(C(Cc3ccccc3)C3=COCO3)c(=O)c2c1. The van der Waals surface area contributed by atoms with E-state index in [2.05, 4.69) is 9.97 Å². The van der Waals surface area contributed by atoms with Gasteiger partial charge in [0.25, 0.3) is 5.56 Å². The maximum atomic E-state index is 13.6. The van der Waals surface area contributed by atoms with Crippen molar-refractivity contribution in [1.29, 1.82) is 0 Å². The van der Waals surface area contributed by atoms with Crippen LogP contribution in [0.25, 0.3) is 10.9 Å². The van der Waals surface area contributed by atoms with Crippen LogP contribution in [0.5, 0.6) is 0 Å². The first kappa shape index (κ1) is 22.1. The number of hydrogen-bond donors (Lipinski definition) is 1. The maximum Gasteiger partial charge on any atom is 0.338 e. The van der Waals surface area contributed by atoms with Crippen molar-refractivity contribution >= 4 is 16.9 Å². The highest BCUT2D eigenvalue weighted by molar-refractivity contribution is 5.94. The molecule has 5 rings (SSSR count). The van der Waals surface area contributed by atoms with E-state index in [1.807, 2.05) is 30.3 Å². The van der Waals surface area contributed by atoms with Crippen molar-refractivity contribution in [2.75, 3.05) is 6.79 Å². The Hall–Kier alpha value is -4.66. The van der Waals surface area contributed by atoms with Crippen LogP contribution in [0.1, 0.15) is 27.5 Å². The number of carbonyl (C=O) groups excluding carboxylic acids is 1. The van der Waals surface area contributed by atoms with Gasteiger partial charge in [0.05, 0.1) is 16.5 Å². The van der Waals surface area contributed by atoms with Crippen molar-refractivity contribution in [2.24, 2.45) is 0 Å². The molecule has 176 valence electrons. The largest absolute Gasteiger partial charge is 0.462 e. The van der Waals surface area contributed by atoms with Crippen LogP contribution in [0.4, 0.5) is 0 Å². The van der Waals surface area contributed by atoms with Gasteiger partial charge in [-0.3, -0.25) is 9.78 Å². The molecule has 0 saturated carbocycles. The summed E-state index contributed by atoms with van der Waals surface area (Å²) in [5.41, 5.74) is 1.07. The zero-order valence-electron chi connectivity index (χ0n) is 18.5. The predicted molar refractivity (Wildman–Crippen MR) is 126 cm³/mol. The fraction of sp³-hybridized carbons (Fsp3) is 0.154. The lowest BCUT2D eigenvalue weighted by Crippen LogP contribution is -2.39. The number of ether oxygens (including phenoxy) is 3. The summed E-state index contributed by atoms with van der Waals surface area (Å²) in [6.07, 6.45) is 4.96. The van der Waals surface area contributed by atoms with Crippen molar-refractivity contribution in [3.63, 3.8) is 0 Å². The lowest BCUT2D eigenvalue weighted by molar-refractivity contribution is 0.0472. The summed E-state index contributed by atoms with van der Waals surface area (Å²) in [7, 11) is 0. The fourth-order valence-corrected chi connectivity index (χ4v) is 3.93. The van der Waals surface area contributed by atoms with Crippen LogP contribution in [-0.4, -0.2) is 27.3 Å². The second-order valence-corrected chi connectivity index (χ2v) is 7.95. The summed E-state index contributed by atoms with van der Waals surface area (Å²) in [5.74, 6) is -0.217. The van der Waals surface area contributed by atoms with Gasteiger partial charge in [-0.05, 0) is 41.5 Å². The third-order valence-electron chi connectivity index (χ3n) is 5.69. The van der Waals surface area contributed by atoms with Gasteiger partial charge in [-0.15, -0.1) is 0 Å². The summed E-state index contributed by atoms with van der Waals surface area (Å²) in [6, 6.07) is 16.7. The third-order valence-corrected chi connectivity index (χ3v) is 5.69. The number of nitrogens with one attached hydrogen (secondary N) is 1. The van der Waals surface area contributed by atoms with Gasteiger partial charge in [0.15, 0.2) is 5.76 Å². The molecule has 0 bridgehead atoms. The number of rotatable bonds is 7. The van der Waals surface area contributed by atoms with Crippen molar-refractivity contribution in [1.82, 2.24) is 14.5 Å². The average molecular weight is 471 g/mol. The van der Waals surface area contributed by atoms with E-state index in [1.54, 1.807) is 24.5 Å². The molecule has 1 N–H and O–H groups in total. The lowest BCUT2D eigenvalue weighted by Gasteiger charge is -2.19. The predicted octanol–water partition coefficient (Wildman–Crippen LogP) is 3.07. The third kappa shape index (κ3) is 4.70. The first-order valence-corrected chi connectivity index (χ1v) is 10.9. The Morgan fingerprint density at radius 2 is 1.86 bits per heavy atom. The number of hydrogen-bond acceptors (Lipinski definition) is 7. The maximum absolute atomic E-state index is 13.6. The van der Waals surface area contributed by atoms with Crippen molar-refractivity contribution < 1.29 is 19.0 Å². The first-order valence-electron chi connectivity index (χ1n) is 10.9. The monoisotopic (exact) mass is 471 g/mol. The summed E-state index contributed by atoms with van der Waals surface area (Å²) in [6.45, 7) is 0.0776. The van der Waals surface area contributed by atoms with Crippen LogP contribution in [-0.2, 0) is 27.2 Å². The number of aromatic amines is 1. The topological polar surface area (TPSA) is 113 Å². The van der Waals surface area contributed by atoms with Crippen molar-refractivity contribution in [2.45, 2.75) is 19.1 Å². The second kappa shape index (κ2) is 9.68. The van der Waals surface area contributed by atoms with Crippen LogP contribution < -0.4 is 11.2 Å². The smallest absolute Gasteiger partial charge is 0.338 e. The Labute approximate surface area is 199 Å². The molecule has 35 heavy (non-hydrogen) atoms. The average Bonchev–Trinajstić information content (AvgIpc) is 3.43. The number of carbonyl (C=O) groups is 1. The minimum absolute atomic E-state index is 0.00826. The number of benzene rings is 2. The van der Waals surface area contributed by atoms with Gasteiger partial charge < -0.3 is 19.2 Å². The molecule has 0 saturated heterocycles. The molecule has 1 unspecified atom stereocenters. The normalized spacial score (nSPS) is 13.5. The Balaban J connectivity index is 1.52. The highest BCUT2D eigenvalue weighted by atomic mass is 16.7. The van der Waals surface area contributed by atoms with Gasteiger partial charge in [0.2, 0.25) is 6.79 Å². The fourth-order valence-electron chi connectivity index (χ4n) is 3.93. The zero-order valence-corrected chi connectivity index (χ0v) is 18.5. The standard InChI is InChI=1S/C26H21N3O6/c30-24-20-13-19(25(31)34-14-18-8-10-27-11-9-18)6-7-21(20)28-26(32)29(24)22(23-15-33-16-35-23)12-17-4-2-1-3-5-17/h1-11,13,15,22H,12,14,16H2,(H,28,32). The molecule has 2 aromatic heterocycles. The van der Waals surface area contributed by atoms with E-state index in [9.17, 15) is 14.4 Å². The molecule has 4 aromatic rings. The first-order chi connectivity index (χ1) is 17.1. The highest BCUT2D eigenvalue weighted by Gasteiger charge is 2.26. The van der Waals surface area contributed by atoms with Gasteiger partial charge in [-0.25, -0.2) is 14.2 Å². The molecule has 0 spiro atoms. The molecule has 1 aliphatic heterocycles. The van der Waals surface area contributed by atoms with E-state index in [-0.39, 0.29) is 24.3 Å². The molecule has 0 amide bonds. The van der Waals surface area contributed by atoms with Gasteiger partial charge in [-0.1, -0.05) is 30.3 Å². The van der Waals surface area contributed by atoms with Gasteiger partial charge in [0.1, 0.15) is 18.9 Å². The summed E-state index contributed by atoms with van der Waals surface area (Å²) in [5, 5.41) is 0.181. The van der Waals surface area contributed by atoms with E-state index < -0.39 is 23.3 Å².